The molecule has 0 saturated heterocycles. The zero-order valence-corrected chi connectivity index (χ0v) is 19.5. The largest absolute Gasteiger partial charge is 0.361 e. The van der Waals surface area contributed by atoms with E-state index in [0.717, 1.165) is 47.8 Å². The lowest BCUT2D eigenvalue weighted by atomic mass is 9.95. The number of hydrogen-bond acceptors (Lipinski definition) is 5. The first-order valence-corrected chi connectivity index (χ1v) is 14.6. The molecule has 1 atom stereocenters. The highest BCUT2D eigenvalue weighted by atomic mass is 28.3. The van der Waals surface area contributed by atoms with Crippen LogP contribution in [-0.4, -0.2) is 39.0 Å². The van der Waals surface area contributed by atoms with Crippen LogP contribution in [-0.2, 0) is 11.5 Å². The minimum absolute atomic E-state index is 0.0791. The molecule has 8 heteroatoms. The first-order chi connectivity index (χ1) is 15.0. The fraction of sp³-hybridized carbons (Fsp3) is 0.478. The smallest absolute Gasteiger partial charge is 0.145 e. The first-order valence-electron chi connectivity index (χ1n) is 10.9. The zero-order valence-electron chi connectivity index (χ0n) is 18.5. The molecule has 1 unspecified atom stereocenters. The van der Waals surface area contributed by atoms with Gasteiger partial charge in [-0.05, 0) is 30.9 Å². The molecule has 3 aromatic heterocycles. The molecule has 0 N–H and O–H groups in total. The number of fused-ring (bicyclic) bond motifs is 1. The van der Waals surface area contributed by atoms with E-state index in [4.69, 9.17) is 4.74 Å². The van der Waals surface area contributed by atoms with Crippen molar-refractivity contribution in [3.8, 4) is 17.3 Å². The Hall–Kier alpha value is -2.76. The van der Waals surface area contributed by atoms with Crippen LogP contribution in [0.3, 0.4) is 0 Å². The topological polar surface area (TPSA) is 81.5 Å². The summed E-state index contributed by atoms with van der Waals surface area (Å²) in [4.78, 5) is 9.04. The molecule has 1 aliphatic rings. The molecule has 4 rings (SSSR count). The lowest BCUT2D eigenvalue weighted by Crippen LogP contribution is -2.22. The van der Waals surface area contributed by atoms with Crippen LogP contribution >= 0.6 is 0 Å². The van der Waals surface area contributed by atoms with Crippen LogP contribution in [0, 0.1) is 17.2 Å². The summed E-state index contributed by atoms with van der Waals surface area (Å²) < 4.78 is 9.88. The van der Waals surface area contributed by atoms with Gasteiger partial charge in [0.05, 0.1) is 30.4 Å². The molecule has 31 heavy (non-hydrogen) atoms. The molecule has 1 aliphatic carbocycles. The van der Waals surface area contributed by atoms with Crippen molar-refractivity contribution in [3.05, 3.63) is 43.1 Å². The maximum atomic E-state index is 9.31. The molecular formula is C23H30N6OSi. The highest BCUT2D eigenvalue weighted by molar-refractivity contribution is 6.76. The number of nitriles is 1. The highest BCUT2D eigenvalue weighted by Crippen LogP contribution is 2.33. The molecule has 3 aromatic rings. The molecule has 0 bridgehead atoms. The fourth-order valence-corrected chi connectivity index (χ4v) is 4.80. The molecule has 0 spiro atoms. The van der Waals surface area contributed by atoms with Gasteiger partial charge in [-0.2, -0.15) is 10.4 Å². The number of hydrogen-bond donors (Lipinski definition) is 0. The second kappa shape index (κ2) is 9.16. The van der Waals surface area contributed by atoms with E-state index in [1.807, 2.05) is 33.9 Å². The second-order valence-corrected chi connectivity index (χ2v) is 15.1. The monoisotopic (exact) mass is 434 g/mol. The lowest BCUT2D eigenvalue weighted by molar-refractivity contribution is 0.0899. The van der Waals surface area contributed by atoms with E-state index < -0.39 is 8.07 Å². The third kappa shape index (κ3) is 4.94. The summed E-state index contributed by atoms with van der Waals surface area (Å²) in [7, 11) is -1.10. The number of ether oxygens (including phenoxy) is 1. The van der Waals surface area contributed by atoms with Crippen LogP contribution in [0.25, 0.3) is 22.3 Å². The number of rotatable bonds is 9. The minimum atomic E-state index is -1.10. The summed E-state index contributed by atoms with van der Waals surface area (Å²) in [5.74, 6) is 0.423. The SMILES string of the molecule is C[Si](C)(C)CCOCn1ccc2c(-c3cnn(C(CC#N)C4CC=CC4)c3)ncnc21. The average Bonchev–Trinajstić information content (AvgIpc) is 3.50. The van der Waals surface area contributed by atoms with Gasteiger partial charge in [0.15, 0.2) is 0 Å². The van der Waals surface area contributed by atoms with Crippen LogP contribution in [0.2, 0.25) is 25.7 Å². The van der Waals surface area contributed by atoms with Crippen molar-refractivity contribution < 1.29 is 4.74 Å². The predicted molar refractivity (Wildman–Crippen MR) is 124 cm³/mol. The summed E-state index contributed by atoms with van der Waals surface area (Å²) >= 11 is 0. The van der Waals surface area contributed by atoms with Gasteiger partial charge >= 0.3 is 0 Å². The summed E-state index contributed by atoms with van der Waals surface area (Å²) in [6.07, 6.45) is 14.3. The van der Waals surface area contributed by atoms with Crippen LogP contribution in [0.1, 0.15) is 25.3 Å². The maximum Gasteiger partial charge on any atom is 0.145 e. The zero-order chi connectivity index (χ0) is 21.8. The first kappa shape index (κ1) is 21.5. The Morgan fingerprint density at radius 3 is 2.81 bits per heavy atom. The highest BCUT2D eigenvalue weighted by Gasteiger charge is 2.25. The van der Waals surface area contributed by atoms with E-state index in [0.29, 0.717) is 19.1 Å². The Balaban J connectivity index is 1.54. The van der Waals surface area contributed by atoms with E-state index in [-0.39, 0.29) is 6.04 Å². The van der Waals surface area contributed by atoms with Gasteiger partial charge in [-0.3, -0.25) is 4.68 Å². The van der Waals surface area contributed by atoms with Gasteiger partial charge in [-0.25, -0.2) is 9.97 Å². The summed E-state index contributed by atoms with van der Waals surface area (Å²) in [5.41, 5.74) is 2.66. The molecule has 0 amide bonds. The molecular weight excluding hydrogens is 404 g/mol. The summed E-state index contributed by atoms with van der Waals surface area (Å²) in [5, 5.41) is 14.9. The molecule has 162 valence electrons. The minimum Gasteiger partial charge on any atom is -0.361 e. The Morgan fingerprint density at radius 1 is 1.26 bits per heavy atom. The molecule has 0 radical (unpaired) electrons. The Bertz CT molecular complexity index is 1100. The Labute approximate surface area is 184 Å². The molecule has 0 saturated carbocycles. The Morgan fingerprint density at radius 2 is 2.06 bits per heavy atom. The van der Waals surface area contributed by atoms with Crippen LogP contribution < -0.4 is 0 Å². The molecule has 0 aromatic carbocycles. The lowest BCUT2D eigenvalue weighted by Gasteiger charge is -2.21. The van der Waals surface area contributed by atoms with E-state index in [2.05, 4.69) is 52.9 Å². The fourth-order valence-electron chi connectivity index (χ4n) is 4.04. The average molecular weight is 435 g/mol. The number of nitrogens with zero attached hydrogens (tertiary/aromatic N) is 6. The van der Waals surface area contributed by atoms with Crippen molar-refractivity contribution in [1.82, 2.24) is 24.3 Å². The molecule has 0 fully saturated rings. The second-order valence-electron chi connectivity index (χ2n) is 9.43. The van der Waals surface area contributed by atoms with E-state index in [1.54, 1.807) is 6.33 Å². The van der Waals surface area contributed by atoms with Gasteiger partial charge < -0.3 is 9.30 Å². The van der Waals surface area contributed by atoms with E-state index >= 15 is 0 Å². The molecule has 3 heterocycles. The summed E-state index contributed by atoms with van der Waals surface area (Å²) in [6, 6.07) is 5.59. The third-order valence-corrected chi connectivity index (χ3v) is 7.59. The Kier molecular flexibility index (Phi) is 6.34. The third-order valence-electron chi connectivity index (χ3n) is 5.89. The van der Waals surface area contributed by atoms with E-state index in [1.165, 1.54) is 0 Å². The van der Waals surface area contributed by atoms with Crippen LogP contribution in [0.5, 0.6) is 0 Å². The van der Waals surface area contributed by atoms with Gasteiger partial charge in [0, 0.05) is 38.0 Å². The van der Waals surface area contributed by atoms with Gasteiger partial charge in [0.2, 0.25) is 0 Å². The number of aromatic nitrogens is 5. The van der Waals surface area contributed by atoms with Gasteiger partial charge in [0.1, 0.15) is 18.7 Å². The molecule has 7 nitrogen and oxygen atoms in total. The van der Waals surface area contributed by atoms with Crippen molar-refractivity contribution in [2.75, 3.05) is 6.61 Å². The maximum absolute atomic E-state index is 9.31. The van der Waals surface area contributed by atoms with Crippen molar-refractivity contribution in [1.29, 1.82) is 5.26 Å². The van der Waals surface area contributed by atoms with Crippen molar-refractivity contribution in [2.45, 2.75) is 57.7 Å². The van der Waals surface area contributed by atoms with Gasteiger partial charge in [-0.1, -0.05) is 31.8 Å². The molecule has 0 aliphatic heterocycles. The summed E-state index contributed by atoms with van der Waals surface area (Å²) in [6.45, 7) is 8.32. The van der Waals surface area contributed by atoms with Crippen LogP contribution in [0.4, 0.5) is 0 Å². The van der Waals surface area contributed by atoms with Gasteiger partial charge in [0.25, 0.3) is 0 Å². The van der Waals surface area contributed by atoms with Gasteiger partial charge in [-0.15, -0.1) is 0 Å². The predicted octanol–water partition coefficient (Wildman–Crippen LogP) is 5.03. The normalized spacial score (nSPS) is 15.5. The van der Waals surface area contributed by atoms with Crippen molar-refractivity contribution in [2.24, 2.45) is 5.92 Å². The van der Waals surface area contributed by atoms with Crippen molar-refractivity contribution in [3.63, 3.8) is 0 Å². The number of allylic oxidation sites excluding steroid dienone is 2. The van der Waals surface area contributed by atoms with Crippen molar-refractivity contribution >= 4 is 19.1 Å². The van der Waals surface area contributed by atoms with E-state index in [9.17, 15) is 5.26 Å². The standard InChI is InChI=1S/C23H30N6OSi/c1-31(2,3)13-12-30-17-28-11-9-20-22(25-16-26-23(20)28)19-14-27-29(15-19)21(8-10-24)18-6-4-5-7-18/h4-5,9,11,14-16,18,21H,6-8,12-13,17H2,1-3H3. The quantitative estimate of drug-likeness (QED) is 0.268. The van der Waals surface area contributed by atoms with Crippen LogP contribution in [0.15, 0.2) is 43.1 Å².